The molecule has 0 saturated carbocycles. The standard InChI is InChI=1S/C13H11F4N5O3/c14-8-2-1-7(5-9(8)22(24)25)19-11-6-10(13(15,16)17)20-12(21-11)18-3-4-23/h1-2,5-6,23H,3-4H2,(H2,18,19,20,21). The highest BCUT2D eigenvalue weighted by molar-refractivity contribution is 5.61. The van der Waals surface area contributed by atoms with E-state index in [2.05, 4.69) is 20.6 Å². The fourth-order valence-electron chi connectivity index (χ4n) is 1.78. The number of nitro benzene ring substituents is 1. The Morgan fingerprint density at radius 3 is 2.56 bits per heavy atom. The molecule has 3 N–H and O–H groups in total. The molecule has 25 heavy (non-hydrogen) atoms. The SMILES string of the molecule is O=[N+]([O-])c1cc(Nc2cc(C(F)(F)F)nc(NCCO)n2)ccc1F. The third-order valence-corrected chi connectivity index (χ3v) is 2.83. The molecule has 2 rings (SSSR count). The largest absolute Gasteiger partial charge is 0.433 e. The number of nitrogens with zero attached hydrogens (tertiary/aromatic N) is 3. The number of nitro groups is 1. The minimum Gasteiger partial charge on any atom is -0.395 e. The van der Waals surface area contributed by atoms with E-state index in [4.69, 9.17) is 5.11 Å². The van der Waals surface area contributed by atoms with E-state index in [1.54, 1.807) is 0 Å². The van der Waals surface area contributed by atoms with Crippen molar-refractivity contribution in [2.75, 3.05) is 23.8 Å². The minimum absolute atomic E-state index is 0.0342. The summed E-state index contributed by atoms with van der Waals surface area (Å²) in [7, 11) is 0. The average molecular weight is 361 g/mol. The molecule has 0 saturated heterocycles. The van der Waals surface area contributed by atoms with Crippen LogP contribution in [-0.2, 0) is 6.18 Å². The Morgan fingerprint density at radius 2 is 1.96 bits per heavy atom. The molecule has 1 heterocycles. The van der Waals surface area contributed by atoms with Crippen molar-refractivity contribution in [1.29, 1.82) is 0 Å². The smallest absolute Gasteiger partial charge is 0.395 e. The summed E-state index contributed by atoms with van der Waals surface area (Å²) in [6.45, 7) is -0.435. The van der Waals surface area contributed by atoms with Crippen LogP contribution in [0.3, 0.4) is 0 Å². The Labute approximate surface area is 137 Å². The molecule has 8 nitrogen and oxygen atoms in total. The number of aromatic nitrogens is 2. The van der Waals surface area contributed by atoms with Crippen molar-refractivity contribution in [3.8, 4) is 0 Å². The molecule has 12 heteroatoms. The van der Waals surface area contributed by atoms with Crippen molar-refractivity contribution in [2.24, 2.45) is 0 Å². The predicted octanol–water partition coefficient (Wildman–Crippen LogP) is 2.69. The Morgan fingerprint density at radius 1 is 1.24 bits per heavy atom. The Kier molecular flexibility index (Phi) is 5.32. The van der Waals surface area contributed by atoms with Gasteiger partial charge in [0.1, 0.15) is 5.82 Å². The minimum atomic E-state index is -4.76. The molecule has 0 aliphatic rings. The Bertz CT molecular complexity index is 785. The number of hydrogen-bond acceptors (Lipinski definition) is 7. The lowest BCUT2D eigenvalue weighted by atomic mass is 10.2. The summed E-state index contributed by atoms with van der Waals surface area (Å²) in [6.07, 6.45) is -4.76. The van der Waals surface area contributed by atoms with E-state index in [0.717, 1.165) is 18.2 Å². The zero-order valence-electron chi connectivity index (χ0n) is 12.3. The van der Waals surface area contributed by atoms with Crippen LogP contribution in [0.25, 0.3) is 0 Å². The number of rotatable bonds is 6. The number of aliphatic hydroxyl groups excluding tert-OH is 1. The normalized spacial score (nSPS) is 11.2. The van der Waals surface area contributed by atoms with Crippen molar-refractivity contribution in [3.63, 3.8) is 0 Å². The van der Waals surface area contributed by atoms with Crippen molar-refractivity contribution in [3.05, 3.63) is 45.9 Å². The lowest BCUT2D eigenvalue weighted by molar-refractivity contribution is -0.387. The second kappa shape index (κ2) is 7.25. The molecule has 0 amide bonds. The highest BCUT2D eigenvalue weighted by atomic mass is 19.4. The molecule has 0 aliphatic carbocycles. The average Bonchev–Trinajstić information content (AvgIpc) is 2.53. The molecule has 0 fully saturated rings. The van der Waals surface area contributed by atoms with Gasteiger partial charge >= 0.3 is 11.9 Å². The number of alkyl halides is 3. The van der Waals surface area contributed by atoms with Gasteiger partial charge in [0.25, 0.3) is 0 Å². The fourth-order valence-corrected chi connectivity index (χ4v) is 1.78. The fraction of sp³-hybridized carbons (Fsp3) is 0.231. The molecule has 0 radical (unpaired) electrons. The highest BCUT2D eigenvalue weighted by Crippen LogP contribution is 2.31. The van der Waals surface area contributed by atoms with Crippen LogP contribution in [0.2, 0.25) is 0 Å². The summed E-state index contributed by atoms with van der Waals surface area (Å²) in [5, 5.41) is 24.3. The molecular weight excluding hydrogens is 350 g/mol. The third-order valence-electron chi connectivity index (χ3n) is 2.83. The predicted molar refractivity (Wildman–Crippen MR) is 78.9 cm³/mol. The van der Waals surface area contributed by atoms with Gasteiger partial charge in [0.15, 0.2) is 5.69 Å². The molecule has 0 bridgehead atoms. The van der Waals surface area contributed by atoms with Gasteiger partial charge in [-0.3, -0.25) is 10.1 Å². The number of halogens is 4. The molecule has 134 valence electrons. The zero-order valence-corrected chi connectivity index (χ0v) is 12.3. The first kappa shape index (κ1) is 18.3. The molecule has 0 atom stereocenters. The summed E-state index contributed by atoms with van der Waals surface area (Å²) in [5.41, 5.74) is -2.14. The van der Waals surface area contributed by atoms with Gasteiger partial charge in [0, 0.05) is 24.4 Å². The van der Waals surface area contributed by atoms with E-state index < -0.39 is 34.2 Å². The summed E-state index contributed by atoms with van der Waals surface area (Å²) < 4.78 is 52.0. The van der Waals surface area contributed by atoms with Crippen LogP contribution in [0.5, 0.6) is 0 Å². The van der Waals surface area contributed by atoms with Crippen LogP contribution < -0.4 is 10.6 Å². The monoisotopic (exact) mass is 361 g/mol. The van der Waals surface area contributed by atoms with E-state index in [9.17, 15) is 27.7 Å². The van der Waals surface area contributed by atoms with Crippen LogP contribution in [0.1, 0.15) is 5.69 Å². The van der Waals surface area contributed by atoms with Crippen molar-refractivity contribution in [2.45, 2.75) is 6.18 Å². The maximum atomic E-state index is 13.3. The van der Waals surface area contributed by atoms with Gasteiger partial charge in [-0.15, -0.1) is 0 Å². The Hall–Kier alpha value is -3.02. The van der Waals surface area contributed by atoms with Gasteiger partial charge in [0.05, 0.1) is 11.5 Å². The quantitative estimate of drug-likeness (QED) is 0.412. The van der Waals surface area contributed by atoms with Crippen LogP contribution >= 0.6 is 0 Å². The zero-order chi connectivity index (χ0) is 18.6. The third kappa shape index (κ3) is 4.73. The van der Waals surface area contributed by atoms with Crippen LogP contribution in [-0.4, -0.2) is 33.1 Å². The van der Waals surface area contributed by atoms with E-state index >= 15 is 0 Å². The summed E-state index contributed by atoms with van der Waals surface area (Å²) >= 11 is 0. The number of aliphatic hydroxyl groups is 1. The van der Waals surface area contributed by atoms with Crippen molar-refractivity contribution >= 4 is 23.1 Å². The number of hydrogen-bond donors (Lipinski definition) is 3. The van der Waals surface area contributed by atoms with Gasteiger partial charge in [-0.1, -0.05) is 0 Å². The molecule has 1 aromatic carbocycles. The van der Waals surface area contributed by atoms with Gasteiger partial charge in [-0.2, -0.15) is 22.5 Å². The first-order valence-corrected chi connectivity index (χ1v) is 6.72. The maximum Gasteiger partial charge on any atom is 0.433 e. The van der Waals surface area contributed by atoms with Crippen LogP contribution in [0.4, 0.5) is 40.7 Å². The Balaban J connectivity index is 2.38. The molecule has 0 spiro atoms. The number of anilines is 3. The van der Waals surface area contributed by atoms with Crippen LogP contribution in [0.15, 0.2) is 24.3 Å². The molecule has 0 aliphatic heterocycles. The van der Waals surface area contributed by atoms with E-state index in [-0.39, 0.29) is 24.7 Å². The lowest BCUT2D eigenvalue weighted by Gasteiger charge is -2.12. The first-order valence-electron chi connectivity index (χ1n) is 6.72. The molecule has 1 aromatic heterocycles. The number of benzene rings is 1. The van der Waals surface area contributed by atoms with Gasteiger partial charge < -0.3 is 15.7 Å². The highest BCUT2D eigenvalue weighted by Gasteiger charge is 2.33. The first-order chi connectivity index (χ1) is 11.7. The summed E-state index contributed by atoms with van der Waals surface area (Å²) in [6, 6.07) is 3.33. The van der Waals surface area contributed by atoms with E-state index in [1.807, 2.05) is 0 Å². The van der Waals surface area contributed by atoms with Gasteiger partial charge in [-0.25, -0.2) is 4.98 Å². The van der Waals surface area contributed by atoms with E-state index in [0.29, 0.717) is 6.07 Å². The van der Waals surface area contributed by atoms with Gasteiger partial charge in [0.2, 0.25) is 11.8 Å². The molecular formula is C13H11F4N5O3. The second-order valence-corrected chi connectivity index (χ2v) is 4.66. The number of nitrogens with one attached hydrogen (secondary N) is 2. The van der Waals surface area contributed by atoms with Crippen molar-refractivity contribution < 1.29 is 27.6 Å². The lowest BCUT2D eigenvalue weighted by Crippen LogP contribution is -2.15. The van der Waals surface area contributed by atoms with Crippen LogP contribution in [0, 0.1) is 15.9 Å². The maximum absolute atomic E-state index is 13.3. The second-order valence-electron chi connectivity index (χ2n) is 4.66. The van der Waals surface area contributed by atoms with Gasteiger partial charge in [-0.05, 0) is 12.1 Å². The van der Waals surface area contributed by atoms with Crippen molar-refractivity contribution in [1.82, 2.24) is 9.97 Å². The van der Waals surface area contributed by atoms with E-state index in [1.165, 1.54) is 0 Å². The summed E-state index contributed by atoms with van der Waals surface area (Å²) in [4.78, 5) is 16.8. The topological polar surface area (TPSA) is 113 Å². The summed E-state index contributed by atoms with van der Waals surface area (Å²) in [5.74, 6) is -1.80. The molecule has 0 unspecified atom stereocenters. The molecule has 2 aromatic rings.